The SMILES string of the molecule is O=C1OCC(OCCC(F)(F)C(F)(F)S(=O)(=O)O)O1. The maximum absolute atomic E-state index is 12.9. The van der Waals surface area contributed by atoms with Crippen LogP contribution in [0.3, 0.4) is 0 Å². The van der Waals surface area contributed by atoms with Gasteiger partial charge >= 0.3 is 27.5 Å². The Bertz CT molecular complexity index is 448. The first kappa shape index (κ1) is 15.9. The van der Waals surface area contributed by atoms with Crippen LogP contribution in [-0.4, -0.2) is 49.8 Å². The molecule has 0 aromatic rings. The first-order valence-electron chi connectivity index (χ1n) is 4.65. The van der Waals surface area contributed by atoms with Crippen LogP contribution in [-0.2, 0) is 24.3 Å². The molecule has 0 spiro atoms. The second kappa shape index (κ2) is 5.09. The maximum Gasteiger partial charge on any atom is 0.510 e. The van der Waals surface area contributed by atoms with E-state index in [2.05, 4.69) is 14.2 Å². The lowest BCUT2D eigenvalue weighted by molar-refractivity contribution is -0.180. The van der Waals surface area contributed by atoms with Gasteiger partial charge in [-0.25, -0.2) is 4.79 Å². The lowest BCUT2D eigenvalue weighted by Crippen LogP contribution is -2.47. The second-order valence-corrected chi connectivity index (χ2v) is 4.89. The quantitative estimate of drug-likeness (QED) is 0.444. The normalized spacial score (nSPS) is 21.1. The van der Waals surface area contributed by atoms with Crippen LogP contribution in [0.1, 0.15) is 6.42 Å². The molecule has 0 aliphatic carbocycles. The lowest BCUT2D eigenvalue weighted by atomic mass is 10.2. The highest BCUT2D eigenvalue weighted by Crippen LogP contribution is 2.40. The number of cyclic esters (lactones) is 2. The first-order chi connectivity index (χ1) is 8.47. The van der Waals surface area contributed by atoms with E-state index in [0.717, 1.165) is 0 Å². The van der Waals surface area contributed by atoms with E-state index in [-0.39, 0.29) is 0 Å². The molecule has 1 saturated heterocycles. The van der Waals surface area contributed by atoms with Gasteiger partial charge in [-0.1, -0.05) is 0 Å². The van der Waals surface area contributed by atoms with E-state index >= 15 is 0 Å². The van der Waals surface area contributed by atoms with Crippen molar-refractivity contribution in [1.82, 2.24) is 0 Å². The maximum atomic E-state index is 12.9. The van der Waals surface area contributed by atoms with Crippen LogP contribution in [0.2, 0.25) is 0 Å². The van der Waals surface area contributed by atoms with Crippen molar-refractivity contribution in [1.29, 1.82) is 0 Å². The van der Waals surface area contributed by atoms with Gasteiger partial charge in [0.05, 0.1) is 6.61 Å². The minimum absolute atomic E-state index is 0.404. The third kappa shape index (κ3) is 3.45. The Hall–Kier alpha value is -1.14. The molecule has 1 N–H and O–H groups in total. The summed E-state index contributed by atoms with van der Waals surface area (Å²) in [5, 5.41) is -5.65. The highest BCUT2D eigenvalue weighted by Gasteiger charge is 2.65. The molecule has 1 fully saturated rings. The second-order valence-electron chi connectivity index (χ2n) is 3.43. The van der Waals surface area contributed by atoms with E-state index in [9.17, 15) is 30.8 Å². The minimum atomic E-state index is -6.27. The number of ether oxygens (including phenoxy) is 3. The molecule has 0 amide bonds. The number of alkyl halides is 4. The highest BCUT2D eigenvalue weighted by molar-refractivity contribution is 7.87. The van der Waals surface area contributed by atoms with Crippen molar-refractivity contribution in [3.05, 3.63) is 0 Å². The van der Waals surface area contributed by atoms with Gasteiger partial charge in [0.1, 0.15) is 0 Å². The summed E-state index contributed by atoms with van der Waals surface area (Å²) in [4.78, 5) is 10.4. The van der Waals surface area contributed by atoms with E-state index in [4.69, 9.17) is 4.55 Å². The van der Waals surface area contributed by atoms with Gasteiger partial charge in [-0.15, -0.1) is 0 Å². The van der Waals surface area contributed by atoms with Gasteiger partial charge in [0.2, 0.25) is 6.29 Å². The molecule has 1 aliphatic rings. The number of carbonyl (C=O) groups is 1. The molecule has 112 valence electrons. The monoisotopic (exact) mass is 312 g/mol. The summed E-state index contributed by atoms with van der Waals surface area (Å²) in [6.45, 7) is -1.45. The predicted octanol–water partition coefficient (Wildman–Crippen LogP) is 1.00. The van der Waals surface area contributed by atoms with Gasteiger partial charge in [0.25, 0.3) is 0 Å². The molecular formula is C7H8F4O7S. The molecule has 0 bridgehead atoms. The van der Waals surface area contributed by atoms with Crippen LogP contribution in [0.15, 0.2) is 0 Å². The summed E-state index contributed by atoms with van der Waals surface area (Å²) in [5.74, 6) is -5.05. The molecule has 0 radical (unpaired) electrons. The zero-order chi connectivity index (χ0) is 14.9. The molecule has 1 rings (SSSR count). The van der Waals surface area contributed by atoms with Gasteiger partial charge in [-0.05, 0) is 0 Å². The number of hydrogen-bond acceptors (Lipinski definition) is 6. The van der Waals surface area contributed by atoms with Crippen LogP contribution in [0.4, 0.5) is 22.4 Å². The van der Waals surface area contributed by atoms with E-state index in [1.165, 1.54) is 0 Å². The molecule has 0 aromatic heterocycles. The van der Waals surface area contributed by atoms with Gasteiger partial charge in [0, 0.05) is 6.42 Å². The van der Waals surface area contributed by atoms with E-state index in [1.54, 1.807) is 0 Å². The molecule has 7 nitrogen and oxygen atoms in total. The smallest absolute Gasteiger partial charge is 0.428 e. The van der Waals surface area contributed by atoms with Crippen molar-refractivity contribution in [2.75, 3.05) is 13.2 Å². The number of carbonyl (C=O) groups excluding carboxylic acids is 1. The summed E-state index contributed by atoms with van der Waals surface area (Å²) >= 11 is 0. The summed E-state index contributed by atoms with van der Waals surface area (Å²) in [5.41, 5.74) is 0. The summed E-state index contributed by atoms with van der Waals surface area (Å²) in [7, 11) is -6.27. The Morgan fingerprint density at radius 2 is 1.95 bits per heavy atom. The van der Waals surface area contributed by atoms with Crippen LogP contribution in [0.5, 0.6) is 0 Å². The first-order valence-corrected chi connectivity index (χ1v) is 6.09. The van der Waals surface area contributed by atoms with Gasteiger partial charge in [0.15, 0.2) is 6.61 Å². The third-order valence-corrected chi connectivity index (χ3v) is 2.98. The van der Waals surface area contributed by atoms with E-state index < -0.39 is 53.4 Å². The van der Waals surface area contributed by atoms with Crippen molar-refractivity contribution in [2.45, 2.75) is 23.9 Å². The topological polar surface area (TPSA) is 99.1 Å². The Morgan fingerprint density at radius 3 is 2.37 bits per heavy atom. The predicted molar refractivity (Wildman–Crippen MR) is 48.2 cm³/mol. The van der Waals surface area contributed by atoms with Gasteiger partial charge in [-0.3, -0.25) is 4.55 Å². The number of rotatable bonds is 6. The fourth-order valence-electron chi connectivity index (χ4n) is 1.05. The van der Waals surface area contributed by atoms with Gasteiger partial charge in [-0.2, -0.15) is 26.0 Å². The van der Waals surface area contributed by atoms with Crippen molar-refractivity contribution in [3.63, 3.8) is 0 Å². The van der Waals surface area contributed by atoms with Crippen LogP contribution >= 0.6 is 0 Å². The van der Waals surface area contributed by atoms with Crippen LogP contribution in [0.25, 0.3) is 0 Å². The molecule has 1 unspecified atom stereocenters. The molecule has 0 aromatic carbocycles. The zero-order valence-electron chi connectivity index (χ0n) is 9.02. The van der Waals surface area contributed by atoms with Crippen LogP contribution < -0.4 is 0 Å². The van der Waals surface area contributed by atoms with Crippen molar-refractivity contribution < 1.29 is 49.5 Å². The Balaban J connectivity index is 2.53. The molecule has 19 heavy (non-hydrogen) atoms. The van der Waals surface area contributed by atoms with Gasteiger partial charge < -0.3 is 14.2 Å². The Labute approximate surface area is 104 Å². The van der Waals surface area contributed by atoms with Crippen molar-refractivity contribution >= 4 is 16.3 Å². The number of halogens is 4. The minimum Gasteiger partial charge on any atom is -0.428 e. The van der Waals surface area contributed by atoms with E-state index in [0.29, 0.717) is 0 Å². The van der Waals surface area contributed by atoms with Crippen LogP contribution in [0, 0.1) is 0 Å². The Kier molecular flexibility index (Phi) is 4.27. The Morgan fingerprint density at radius 1 is 1.37 bits per heavy atom. The fourth-order valence-corrected chi connectivity index (χ4v) is 1.53. The highest BCUT2D eigenvalue weighted by atomic mass is 32.2. The number of hydrogen-bond donors (Lipinski definition) is 1. The summed E-state index contributed by atoms with van der Waals surface area (Å²) in [6, 6.07) is 0. The van der Waals surface area contributed by atoms with E-state index in [1.807, 2.05) is 0 Å². The molecule has 1 atom stereocenters. The summed E-state index contributed by atoms with van der Waals surface area (Å²) in [6.07, 6.45) is -4.16. The average molecular weight is 312 g/mol. The summed E-state index contributed by atoms with van der Waals surface area (Å²) < 4.78 is 92.6. The molecule has 0 saturated carbocycles. The molecule has 12 heteroatoms. The van der Waals surface area contributed by atoms with Crippen molar-refractivity contribution in [2.24, 2.45) is 0 Å². The standard InChI is InChI=1S/C7H8F4O7S/c8-6(9,7(10,11)19(13,14)15)1-2-16-4-3-17-5(12)18-4/h4H,1-3H2,(H,13,14,15). The third-order valence-electron chi connectivity index (χ3n) is 2.03. The molecule has 1 heterocycles. The fraction of sp³-hybridized carbons (Fsp3) is 0.857. The molecule has 1 aliphatic heterocycles. The lowest BCUT2D eigenvalue weighted by Gasteiger charge is -2.23. The van der Waals surface area contributed by atoms with Crippen molar-refractivity contribution in [3.8, 4) is 0 Å². The largest absolute Gasteiger partial charge is 0.510 e. The zero-order valence-corrected chi connectivity index (χ0v) is 9.83. The molecular weight excluding hydrogens is 304 g/mol. The average Bonchev–Trinajstić information content (AvgIpc) is 2.62.